The highest BCUT2D eigenvalue weighted by atomic mass is 16.1. The number of benzene rings is 2. The number of piperidine rings is 1. The summed E-state index contributed by atoms with van der Waals surface area (Å²) in [6.07, 6.45) is 5.15. The highest BCUT2D eigenvalue weighted by molar-refractivity contribution is 6.02. The zero-order chi connectivity index (χ0) is 19.1. The Hall–Kier alpha value is -2.92. The van der Waals surface area contributed by atoms with E-state index < -0.39 is 0 Å². The molecule has 1 atom stereocenters. The number of carbonyl (C=O) groups excluding carboxylic acids is 2. The van der Waals surface area contributed by atoms with Crippen LogP contribution in [0.25, 0.3) is 6.08 Å². The molecule has 5 heteroatoms. The van der Waals surface area contributed by atoms with Crippen LogP contribution in [-0.2, 0) is 16.1 Å². The molecule has 1 aliphatic rings. The summed E-state index contributed by atoms with van der Waals surface area (Å²) in [6.45, 7) is 2.29. The number of likely N-dealkylation sites (tertiary alicyclic amines) is 1. The van der Waals surface area contributed by atoms with Crippen LogP contribution in [0.4, 0.5) is 5.69 Å². The fourth-order valence-electron chi connectivity index (χ4n) is 3.36. The van der Waals surface area contributed by atoms with Gasteiger partial charge in [-0.15, -0.1) is 0 Å². The Morgan fingerprint density at radius 2 is 1.85 bits per heavy atom. The molecule has 3 N–H and O–H groups in total. The van der Waals surface area contributed by atoms with Crippen molar-refractivity contribution in [3.63, 3.8) is 0 Å². The fraction of sp³-hybridized carbons (Fsp3) is 0.273. The van der Waals surface area contributed by atoms with Crippen molar-refractivity contribution in [1.82, 2.24) is 4.90 Å². The Balaban J connectivity index is 1.64. The standard InChI is InChI=1S/C22H25N3O2/c23-22(27)19-10-6-14-25(16-19)15-18-9-4-5-11-20(18)24-21(26)13-12-17-7-2-1-3-8-17/h1-5,7-9,11-13,19H,6,10,14-16H2,(H2,23,27)(H,24,26)/b13-12+. The van der Waals surface area contributed by atoms with Crippen LogP contribution in [-0.4, -0.2) is 29.8 Å². The van der Waals surface area contributed by atoms with E-state index in [4.69, 9.17) is 5.73 Å². The molecule has 1 aliphatic heterocycles. The molecule has 0 bridgehead atoms. The van der Waals surface area contributed by atoms with Crippen LogP contribution >= 0.6 is 0 Å². The highest BCUT2D eigenvalue weighted by Crippen LogP contribution is 2.22. The van der Waals surface area contributed by atoms with Gasteiger partial charge < -0.3 is 11.1 Å². The first-order chi connectivity index (χ1) is 13.1. The Kier molecular flexibility index (Phi) is 6.39. The zero-order valence-electron chi connectivity index (χ0n) is 15.3. The Labute approximate surface area is 159 Å². The Morgan fingerprint density at radius 3 is 2.63 bits per heavy atom. The van der Waals surface area contributed by atoms with Crippen molar-refractivity contribution in [3.8, 4) is 0 Å². The third-order valence-electron chi connectivity index (χ3n) is 4.80. The maximum Gasteiger partial charge on any atom is 0.248 e. The van der Waals surface area contributed by atoms with Gasteiger partial charge in [0.15, 0.2) is 0 Å². The van der Waals surface area contributed by atoms with Gasteiger partial charge in [-0.05, 0) is 42.7 Å². The molecule has 3 rings (SSSR count). The Morgan fingerprint density at radius 1 is 1.11 bits per heavy atom. The third-order valence-corrected chi connectivity index (χ3v) is 4.80. The predicted octanol–water partition coefficient (Wildman–Crippen LogP) is 3.04. The smallest absolute Gasteiger partial charge is 0.248 e. The lowest BCUT2D eigenvalue weighted by atomic mass is 9.97. The van der Waals surface area contributed by atoms with Crippen LogP contribution < -0.4 is 11.1 Å². The lowest BCUT2D eigenvalue weighted by Gasteiger charge is -2.31. The molecule has 140 valence electrons. The minimum atomic E-state index is -0.229. The number of carbonyl (C=O) groups is 2. The number of hydrogen-bond donors (Lipinski definition) is 2. The molecular weight excluding hydrogens is 338 g/mol. The fourth-order valence-corrected chi connectivity index (χ4v) is 3.36. The molecule has 1 heterocycles. The van der Waals surface area contributed by atoms with Crippen molar-refractivity contribution < 1.29 is 9.59 Å². The van der Waals surface area contributed by atoms with Crippen molar-refractivity contribution >= 4 is 23.6 Å². The monoisotopic (exact) mass is 363 g/mol. The summed E-state index contributed by atoms with van der Waals surface area (Å²) in [7, 11) is 0. The molecule has 0 saturated carbocycles. The van der Waals surface area contributed by atoms with Crippen LogP contribution in [0.5, 0.6) is 0 Å². The number of anilines is 1. The average molecular weight is 363 g/mol. The van der Waals surface area contributed by atoms with Gasteiger partial charge in [-0.1, -0.05) is 48.5 Å². The lowest BCUT2D eigenvalue weighted by molar-refractivity contribution is -0.123. The first-order valence-corrected chi connectivity index (χ1v) is 9.25. The van der Waals surface area contributed by atoms with Gasteiger partial charge in [0.05, 0.1) is 5.92 Å². The molecule has 0 spiro atoms. The molecule has 27 heavy (non-hydrogen) atoms. The van der Waals surface area contributed by atoms with Crippen molar-refractivity contribution in [1.29, 1.82) is 0 Å². The molecular formula is C22H25N3O2. The van der Waals surface area contributed by atoms with E-state index in [1.165, 1.54) is 6.08 Å². The second-order valence-corrected chi connectivity index (χ2v) is 6.87. The van der Waals surface area contributed by atoms with E-state index in [1.807, 2.05) is 54.6 Å². The van der Waals surface area contributed by atoms with Crippen molar-refractivity contribution in [2.75, 3.05) is 18.4 Å². The molecule has 5 nitrogen and oxygen atoms in total. The normalized spacial score (nSPS) is 17.7. The summed E-state index contributed by atoms with van der Waals surface area (Å²) >= 11 is 0. The number of nitrogens with one attached hydrogen (secondary N) is 1. The molecule has 0 aromatic heterocycles. The van der Waals surface area contributed by atoms with E-state index in [0.717, 1.165) is 36.2 Å². The van der Waals surface area contributed by atoms with Crippen LogP contribution in [0.15, 0.2) is 60.7 Å². The van der Waals surface area contributed by atoms with E-state index in [1.54, 1.807) is 6.08 Å². The van der Waals surface area contributed by atoms with Gasteiger partial charge in [0.25, 0.3) is 0 Å². The number of nitrogens with zero attached hydrogens (tertiary/aromatic N) is 1. The molecule has 1 unspecified atom stereocenters. The Bertz CT molecular complexity index is 817. The molecule has 0 aliphatic carbocycles. The second kappa shape index (κ2) is 9.14. The second-order valence-electron chi connectivity index (χ2n) is 6.87. The van der Waals surface area contributed by atoms with Gasteiger partial charge in [0.1, 0.15) is 0 Å². The molecule has 1 fully saturated rings. The van der Waals surface area contributed by atoms with Crippen molar-refractivity contribution in [3.05, 3.63) is 71.8 Å². The zero-order valence-corrected chi connectivity index (χ0v) is 15.3. The minimum Gasteiger partial charge on any atom is -0.369 e. The van der Waals surface area contributed by atoms with Gasteiger partial charge in [0.2, 0.25) is 11.8 Å². The van der Waals surface area contributed by atoms with Gasteiger partial charge in [0, 0.05) is 24.9 Å². The summed E-state index contributed by atoms with van der Waals surface area (Å²) in [5, 5.41) is 2.96. The maximum atomic E-state index is 12.3. The van der Waals surface area contributed by atoms with Gasteiger partial charge in [-0.3, -0.25) is 14.5 Å². The summed E-state index contributed by atoms with van der Waals surface area (Å²) in [5.41, 5.74) is 8.27. The van der Waals surface area contributed by atoms with Crippen molar-refractivity contribution in [2.24, 2.45) is 11.7 Å². The summed E-state index contributed by atoms with van der Waals surface area (Å²) < 4.78 is 0. The number of nitrogens with two attached hydrogens (primary N) is 1. The van der Waals surface area contributed by atoms with Gasteiger partial charge in [-0.25, -0.2) is 0 Å². The van der Waals surface area contributed by atoms with Gasteiger partial charge >= 0.3 is 0 Å². The van der Waals surface area contributed by atoms with Crippen LogP contribution in [0.2, 0.25) is 0 Å². The number of hydrogen-bond acceptors (Lipinski definition) is 3. The number of rotatable bonds is 6. The van der Waals surface area contributed by atoms with Crippen LogP contribution in [0.1, 0.15) is 24.0 Å². The molecule has 0 radical (unpaired) electrons. The number of para-hydroxylation sites is 1. The summed E-state index contributed by atoms with van der Waals surface area (Å²) in [6, 6.07) is 17.5. The van der Waals surface area contributed by atoms with E-state index in [9.17, 15) is 9.59 Å². The summed E-state index contributed by atoms with van der Waals surface area (Å²) in [4.78, 5) is 26.0. The van der Waals surface area contributed by atoms with Gasteiger partial charge in [-0.2, -0.15) is 0 Å². The topological polar surface area (TPSA) is 75.4 Å². The highest BCUT2D eigenvalue weighted by Gasteiger charge is 2.24. The van der Waals surface area contributed by atoms with Crippen LogP contribution in [0.3, 0.4) is 0 Å². The first-order valence-electron chi connectivity index (χ1n) is 9.25. The van der Waals surface area contributed by atoms with Crippen LogP contribution in [0, 0.1) is 5.92 Å². The number of primary amides is 1. The maximum absolute atomic E-state index is 12.3. The average Bonchev–Trinajstić information content (AvgIpc) is 2.69. The van der Waals surface area contributed by atoms with E-state index in [0.29, 0.717) is 13.1 Å². The molecule has 2 aromatic carbocycles. The lowest BCUT2D eigenvalue weighted by Crippen LogP contribution is -2.40. The largest absolute Gasteiger partial charge is 0.369 e. The quantitative estimate of drug-likeness (QED) is 0.775. The van der Waals surface area contributed by atoms with E-state index in [2.05, 4.69) is 10.2 Å². The third kappa shape index (κ3) is 5.53. The first kappa shape index (κ1) is 18.9. The molecule has 2 aromatic rings. The van der Waals surface area contributed by atoms with E-state index >= 15 is 0 Å². The number of amides is 2. The molecule has 1 saturated heterocycles. The minimum absolute atomic E-state index is 0.0886. The molecule has 2 amide bonds. The summed E-state index contributed by atoms with van der Waals surface area (Å²) in [5.74, 6) is -0.485. The SMILES string of the molecule is NC(=O)C1CCCN(Cc2ccccc2NC(=O)/C=C/c2ccccc2)C1. The predicted molar refractivity (Wildman–Crippen MR) is 108 cm³/mol. The van der Waals surface area contributed by atoms with Crippen molar-refractivity contribution in [2.45, 2.75) is 19.4 Å². The van der Waals surface area contributed by atoms with E-state index in [-0.39, 0.29) is 17.7 Å².